The minimum absolute atomic E-state index is 0.337. The van der Waals surface area contributed by atoms with Crippen molar-refractivity contribution in [3.05, 3.63) is 331 Å². The molecule has 1 atom stereocenters. The van der Waals surface area contributed by atoms with Crippen molar-refractivity contribution in [2.45, 2.75) is 234 Å². The molecule has 0 amide bonds. The largest absolute Gasteiger partial charge is 0.369 e. The molecule has 0 saturated carbocycles. The highest BCUT2D eigenvalue weighted by Crippen LogP contribution is 2.47. The molecule has 0 saturated heterocycles. The van der Waals surface area contributed by atoms with Crippen molar-refractivity contribution in [2.75, 3.05) is 0 Å². The highest BCUT2D eigenvalue weighted by molar-refractivity contribution is 6.13. The molecule has 0 aliphatic heterocycles. The second kappa shape index (κ2) is 59.3. The Morgan fingerprint density at radius 1 is 0.287 bits per heavy atom. The minimum atomic E-state index is 0.337. The van der Waals surface area contributed by atoms with Crippen LogP contribution in [-0.4, -0.2) is 22.9 Å². The number of nitrogens with zero attached hydrogens (tertiary/aromatic N) is 10. The second-order valence-corrected chi connectivity index (χ2v) is 25.4. The first-order valence-corrected chi connectivity index (χ1v) is 46.3. The van der Waals surface area contributed by atoms with Crippen LogP contribution in [0.25, 0.3) is 99.4 Å². The summed E-state index contributed by atoms with van der Waals surface area (Å²) in [6.45, 7) is 66.0. The van der Waals surface area contributed by atoms with Gasteiger partial charge in [-0.05, 0) is 134 Å². The van der Waals surface area contributed by atoms with Crippen LogP contribution in [0, 0.1) is 34.6 Å². The molecule has 122 heavy (non-hydrogen) atoms. The van der Waals surface area contributed by atoms with Gasteiger partial charge < -0.3 is 0 Å². The molecule has 10 nitrogen and oxygen atoms in total. The Morgan fingerprint density at radius 2 is 0.689 bits per heavy atom. The van der Waals surface area contributed by atoms with Gasteiger partial charge in [0.2, 0.25) is 5.69 Å². The average Bonchev–Trinajstić information content (AvgIpc) is 1.68. The van der Waals surface area contributed by atoms with Crippen molar-refractivity contribution < 1.29 is 23.1 Å². The van der Waals surface area contributed by atoms with Crippen LogP contribution in [0.5, 0.6) is 0 Å². The number of fused-ring (bicyclic) bond motifs is 15. The number of pyridine rings is 3. The summed E-state index contributed by atoms with van der Waals surface area (Å²) in [6, 6.07) is 86.4. The first-order chi connectivity index (χ1) is 59.8. The molecule has 0 radical (unpaired) electrons. The zero-order chi connectivity index (χ0) is 92.3. The average molecular weight is 1650 g/mol. The summed E-state index contributed by atoms with van der Waals surface area (Å²) in [5, 5.41) is 9.18. The van der Waals surface area contributed by atoms with Gasteiger partial charge in [-0.2, -0.15) is 9.13 Å². The van der Waals surface area contributed by atoms with E-state index in [2.05, 4.69) is 409 Å². The lowest BCUT2D eigenvalue weighted by Gasteiger charge is -2.14. The zero-order valence-corrected chi connectivity index (χ0v) is 82.9. The van der Waals surface area contributed by atoms with Crippen LogP contribution in [-0.2, 0) is 41.8 Å². The summed E-state index contributed by atoms with van der Waals surface area (Å²) in [4.78, 5) is 0. The molecule has 1 aliphatic rings. The van der Waals surface area contributed by atoms with E-state index in [0.717, 1.165) is 12.5 Å². The fraction of sp³-hybridized carbons (Fsp3) is 0.348. The van der Waals surface area contributed by atoms with Crippen LogP contribution < -0.4 is 23.1 Å². The van der Waals surface area contributed by atoms with Gasteiger partial charge >= 0.3 is 5.95 Å². The molecule has 8 heterocycles. The van der Waals surface area contributed by atoms with E-state index in [1.165, 1.54) is 138 Å². The molecule has 18 rings (SSSR count). The van der Waals surface area contributed by atoms with Crippen LogP contribution in [0.15, 0.2) is 286 Å². The number of hydrogen-bond acceptors (Lipinski definition) is 0. The Kier molecular flexibility index (Phi) is 52.7. The van der Waals surface area contributed by atoms with Gasteiger partial charge in [-0.1, -0.05) is 356 Å². The third kappa shape index (κ3) is 25.1. The predicted octanol–water partition coefficient (Wildman–Crippen LogP) is 30.0. The highest BCUT2D eigenvalue weighted by atomic mass is 15.4. The molecule has 0 fully saturated rings. The standard InChI is InChI=1S/C20H18N.C19H17N2.C18H18N3.C17H15N2.C12H15N2.13C2H6/c1-14-8-3-4-9-15(14)19-17-11-6-5-10-16(17)18-12-7-13-21(2)20(18)19;1-14-8-7-10-16-15-9-3-4-11-17(15)21(19(14)16)18-12-5-6-13-20(18)2;1-13-7-6-9-15-14-8-4-5-10-16(14)21(17(13)15)18-19(2)11-12-20(18)3;1-12-6-5-9-15-13-7-3-4-8-14(13)16-10-11-18(2)19(16)17(12)15;1-3-13-9-6-10-14(13)12-8-5-4-7-11(12)2;13*1-2/h3-13,19H,1-2H3;3-13H,1-2H3;4-12H,1-3H3;3-11H,1-2H3;4-10H,3H2,1-2H3;13*1-2H3/q5*+1;;;;;;;;;;;;;. The molecule has 9 aromatic carbocycles. The third-order valence-electron chi connectivity index (χ3n) is 19.3. The summed E-state index contributed by atoms with van der Waals surface area (Å²) in [5.74, 6) is 2.68. The van der Waals surface area contributed by atoms with Gasteiger partial charge in [0.15, 0.2) is 32.2 Å². The van der Waals surface area contributed by atoms with Gasteiger partial charge in [0.25, 0.3) is 5.82 Å². The van der Waals surface area contributed by atoms with Crippen molar-refractivity contribution in [2.24, 2.45) is 35.2 Å². The van der Waals surface area contributed by atoms with Crippen LogP contribution in [0.4, 0.5) is 0 Å². The molecule has 17 aromatic rings. The Balaban J connectivity index is 0.000000716. The van der Waals surface area contributed by atoms with Crippen LogP contribution >= 0.6 is 0 Å². The van der Waals surface area contributed by atoms with E-state index in [-0.39, 0.29) is 0 Å². The number of aromatic nitrogens is 10. The molecule has 1 unspecified atom stereocenters. The monoisotopic (exact) mass is 1650 g/mol. The Labute approximate surface area is 740 Å². The van der Waals surface area contributed by atoms with Gasteiger partial charge in [0, 0.05) is 56.6 Å². The lowest BCUT2D eigenvalue weighted by Crippen LogP contribution is -2.40. The number of imidazole rings is 1. The predicted molar refractivity (Wildman–Crippen MR) is 540 cm³/mol. The number of hydrogen-bond donors (Lipinski definition) is 0. The van der Waals surface area contributed by atoms with Crippen LogP contribution in [0.1, 0.15) is 237 Å². The van der Waals surface area contributed by atoms with Crippen LogP contribution in [0.2, 0.25) is 0 Å². The smallest absolute Gasteiger partial charge is 0.237 e. The summed E-state index contributed by atoms with van der Waals surface area (Å²) in [6.07, 6.45) is 14.7. The molecule has 1 aliphatic carbocycles. The van der Waals surface area contributed by atoms with Gasteiger partial charge in [-0.3, -0.25) is 0 Å². The topological polar surface area (TPSA) is 43.5 Å². The maximum absolute atomic E-state index is 2.36. The van der Waals surface area contributed by atoms with Gasteiger partial charge in [0.05, 0.1) is 57.4 Å². The number of aryl methyl sites for hydroxylation is 11. The van der Waals surface area contributed by atoms with E-state index in [0.29, 0.717) is 5.92 Å². The van der Waals surface area contributed by atoms with E-state index < -0.39 is 0 Å². The minimum Gasteiger partial charge on any atom is -0.237 e. The fourth-order valence-electron chi connectivity index (χ4n) is 14.8. The summed E-state index contributed by atoms with van der Waals surface area (Å²) in [5.41, 5.74) is 22.4. The molecular formula is C112H161N10+5. The number of rotatable bonds is 5. The first kappa shape index (κ1) is 109. The molecule has 0 bridgehead atoms. The molecule has 10 heteroatoms. The molecule has 0 spiro atoms. The lowest BCUT2D eigenvalue weighted by atomic mass is 9.89. The van der Waals surface area contributed by atoms with Crippen LogP contribution in [0.3, 0.4) is 0 Å². The lowest BCUT2D eigenvalue weighted by molar-refractivity contribution is -0.763. The third-order valence-corrected chi connectivity index (χ3v) is 19.3. The number of benzene rings is 9. The van der Waals surface area contributed by atoms with E-state index in [9.17, 15) is 0 Å². The maximum atomic E-state index is 2.36. The normalized spacial score (nSPS) is 10.3. The fourth-order valence-corrected chi connectivity index (χ4v) is 14.8. The van der Waals surface area contributed by atoms with E-state index in [1.54, 1.807) is 0 Å². The Hall–Kier alpha value is -11.5. The van der Waals surface area contributed by atoms with E-state index >= 15 is 0 Å². The van der Waals surface area contributed by atoms with Crippen molar-refractivity contribution in [3.8, 4) is 28.6 Å². The summed E-state index contributed by atoms with van der Waals surface area (Å²) in [7, 11) is 10.5. The van der Waals surface area contributed by atoms with Gasteiger partial charge in [-0.25, -0.2) is 18.3 Å². The van der Waals surface area contributed by atoms with E-state index in [4.69, 9.17) is 0 Å². The maximum Gasteiger partial charge on any atom is 0.369 e. The summed E-state index contributed by atoms with van der Waals surface area (Å²) >= 11 is 0. The summed E-state index contributed by atoms with van der Waals surface area (Å²) < 4.78 is 22.3. The SMILES string of the molecule is CC.CC.CC.CC.CC.CC.CC.CC.CC.CC.CC.CC.CC.CC[n+]1cccn1-c1ccccc1C.Cc1cccc2c3ccccc3c3cc[n+](C)n3c12.Cc1cccc2c3ccccc3n(-c3cccc[n+]3C)c12.Cc1cccc2c3ccccc3n(-c3n(C)cc[n+]3C)c12.Cc1ccccc1C1c2ccccc2-c2ccc[n+](C)c21. The van der Waals surface area contributed by atoms with Crippen molar-refractivity contribution in [1.29, 1.82) is 0 Å². The second-order valence-electron chi connectivity index (χ2n) is 25.4. The molecular weight excluding hydrogens is 1490 g/mol. The number of para-hydroxylation sites is 6. The zero-order valence-electron chi connectivity index (χ0n) is 82.9. The van der Waals surface area contributed by atoms with Crippen molar-refractivity contribution >= 4 is 70.8 Å². The van der Waals surface area contributed by atoms with Gasteiger partial charge in [-0.15, -0.1) is 18.6 Å². The van der Waals surface area contributed by atoms with Crippen molar-refractivity contribution in [3.63, 3.8) is 0 Å². The van der Waals surface area contributed by atoms with Gasteiger partial charge in [0.1, 0.15) is 45.8 Å². The quantitative estimate of drug-likeness (QED) is 0.122. The Morgan fingerprint density at radius 3 is 1.19 bits per heavy atom. The van der Waals surface area contributed by atoms with E-state index in [1.807, 2.05) is 180 Å². The highest BCUT2D eigenvalue weighted by Gasteiger charge is 2.37. The molecule has 8 aromatic heterocycles. The first-order valence-electron chi connectivity index (χ1n) is 46.3. The molecule has 654 valence electrons. The Bertz CT molecular complexity index is 5730. The molecule has 0 N–H and O–H groups in total. The van der Waals surface area contributed by atoms with Crippen molar-refractivity contribution in [1.82, 2.24) is 22.9 Å².